The third-order valence-corrected chi connectivity index (χ3v) is 4.83. The molecule has 114 valence electrons. The fraction of sp³-hybridized carbons (Fsp3) is 0.625. The third kappa shape index (κ3) is 3.41. The first-order valence-electron chi connectivity index (χ1n) is 7.93. The van der Waals surface area contributed by atoms with Gasteiger partial charge in [-0.15, -0.1) is 0 Å². The molecule has 1 aromatic rings. The summed E-state index contributed by atoms with van der Waals surface area (Å²) in [4.78, 5) is 15.7. The van der Waals surface area contributed by atoms with Crippen LogP contribution in [0.3, 0.4) is 0 Å². The van der Waals surface area contributed by atoms with Crippen LogP contribution in [0.15, 0.2) is 24.3 Å². The number of nitrogens with zero attached hydrogens (tertiary/aromatic N) is 3. The normalized spacial score (nSPS) is 21.7. The van der Waals surface area contributed by atoms with Gasteiger partial charge in [0.2, 0.25) is 0 Å². The van der Waals surface area contributed by atoms with Crippen molar-refractivity contribution < 1.29 is 4.92 Å². The summed E-state index contributed by atoms with van der Waals surface area (Å²) < 4.78 is 0. The lowest BCUT2D eigenvalue weighted by Gasteiger charge is -2.38. The van der Waals surface area contributed by atoms with Crippen molar-refractivity contribution in [1.82, 2.24) is 9.80 Å². The van der Waals surface area contributed by atoms with Gasteiger partial charge in [-0.3, -0.25) is 19.9 Å². The number of nitro benzene ring substituents is 1. The molecule has 2 aliphatic rings. The van der Waals surface area contributed by atoms with Gasteiger partial charge in [0, 0.05) is 50.4 Å². The van der Waals surface area contributed by atoms with Crippen LogP contribution < -0.4 is 0 Å². The zero-order valence-electron chi connectivity index (χ0n) is 12.4. The second-order valence-electron chi connectivity index (χ2n) is 6.14. The van der Waals surface area contributed by atoms with Crippen molar-refractivity contribution in [3.63, 3.8) is 0 Å². The SMILES string of the molecule is O=[N+]([O-])c1ccccc1CN1CCN(C2CCCC2)CC1. The van der Waals surface area contributed by atoms with Crippen LogP contribution in [0.5, 0.6) is 0 Å². The van der Waals surface area contributed by atoms with Crippen LogP contribution in [0.25, 0.3) is 0 Å². The Kier molecular flexibility index (Phi) is 4.51. The molecule has 2 fully saturated rings. The van der Waals surface area contributed by atoms with Crippen LogP contribution in [0.2, 0.25) is 0 Å². The number of piperazine rings is 1. The first-order valence-corrected chi connectivity index (χ1v) is 7.93. The van der Waals surface area contributed by atoms with Crippen molar-refractivity contribution >= 4 is 5.69 Å². The van der Waals surface area contributed by atoms with Gasteiger partial charge in [-0.1, -0.05) is 31.0 Å². The van der Waals surface area contributed by atoms with E-state index < -0.39 is 0 Å². The minimum atomic E-state index is -0.274. The molecule has 1 aromatic carbocycles. The average Bonchev–Trinajstić information content (AvgIpc) is 3.03. The van der Waals surface area contributed by atoms with Gasteiger partial charge in [0.05, 0.1) is 4.92 Å². The van der Waals surface area contributed by atoms with Crippen LogP contribution in [-0.2, 0) is 6.54 Å². The quantitative estimate of drug-likeness (QED) is 0.631. The molecule has 0 spiro atoms. The van der Waals surface area contributed by atoms with Crippen molar-refractivity contribution in [2.75, 3.05) is 26.2 Å². The monoisotopic (exact) mass is 289 g/mol. The zero-order chi connectivity index (χ0) is 14.7. The van der Waals surface area contributed by atoms with Crippen LogP contribution in [0, 0.1) is 10.1 Å². The molecule has 1 aliphatic carbocycles. The molecule has 0 radical (unpaired) electrons. The van der Waals surface area contributed by atoms with Gasteiger partial charge >= 0.3 is 0 Å². The van der Waals surface area contributed by atoms with Crippen molar-refractivity contribution in [1.29, 1.82) is 0 Å². The highest BCUT2D eigenvalue weighted by Crippen LogP contribution is 2.25. The largest absolute Gasteiger partial charge is 0.298 e. The molecule has 1 saturated heterocycles. The van der Waals surface area contributed by atoms with E-state index in [1.54, 1.807) is 12.1 Å². The van der Waals surface area contributed by atoms with Gasteiger partial charge in [-0.25, -0.2) is 0 Å². The molecule has 0 amide bonds. The first-order chi connectivity index (χ1) is 10.2. The predicted molar refractivity (Wildman–Crippen MR) is 82.2 cm³/mol. The van der Waals surface area contributed by atoms with Gasteiger partial charge in [0.1, 0.15) is 0 Å². The minimum Gasteiger partial charge on any atom is -0.298 e. The Morgan fingerprint density at radius 1 is 1.10 bits per heavy atom. The summed E-state index contributed by atoms with van der Waals surface area (Å²) >= 11 is 0. The Morgan fingerprint density at radius 2 is 1.76 bits per heavy atom. The van der Waals surface area contributed by atoms with Gasteiger partial charge in [-0.05, 0) is 12.8 Å². The standard InChI is InChI=1S/C16H23N3O2/c20-19(21)16-8-4-1-5-14(16)13-17-9-11-18(12-10-17)15-6-2-3-7-15/h1,4-5,8,15H,2-3,6-7,9-13H2. The number of hydrogen-bond donors (Lipinski definition) is 0. The lowest BCUT2D eigenvalue weighted by Crippen LogP contribution is -2.49. The number of hydrogen-bond acceptors (Lipinski definition) is 4. The van der Waals surface area contributed by atoms with Gasteiger partial charge < -0.3 is 0 Å². The Bertz CT molecular complexity index is 492. The summed E-state index contributed by atoms with van der Waals surface area (Å²) in [5.41, 5.74) is 1.08. The van der Waals surface area contributed by atoms with Crippen molar-refractivity contribution in [2.24, 2.45) is 0 Å². The minimum absolute atomic E-state index is 0.246. The van der Waals surface area contributed by atoms with Crippen molar-refractivity contribution in [3.8, 4) is 0 Å². The molecule has 1 heterocycles. The van der Waals surface area contributed by atoms with Crippen LogP contribution in [0.4, 0.5) is 5.69 Å². The highest BCUT2D eigenvalue weighted by molar-refractivity contribution is 5.39. The van der Waals surface area contributed by atoms with E-state index >= 15 is 0 Å². The van der Waals surface area contributed by atoms with Crippen LogP contribution >= 0.6 is 0 Å². The fourth-order valence-corrected chi connectivity index (χ4v) is 3.62. The second-order valence-corrected chi connectivity index (χ2v) is 6.14. The molecule has 0 bridgehead atoms. The Balaban J connectivity index is 1.57. The molecule has 21 heavy (non-hydrogen) atoms. The summed E-state index contributed by atoms with van der Waals surface area (Å²) in [6, 6.07) is 7.89. The number of para-hydroxylation sites is 1. The lowest BCUT2D eigenvalue weighted by molar-refractivity contribution is -0.385. The number of benzene rings is 1. The maximum atomic E-state index is 11.1. The Morgan fingerprint density at radius 3 is 2.43 bits per heavy atom. The van der Waals surface area contributed by atoms with Gasteiger partial charge in [-0.2, -0.15) is 0 Å². The van der Waals surface area contributed by atoms with E-state index in [1.165, 1.54) is 25.7 Å². The van der Waals surface area contributed by atoms with Gasteiger partial charge in [0.25, 0.3) is 5.69 Å². The highest BCUT2D eigenvalue weighted by Gasteiger charge is 2.26. The topological polar surface area (TPSA) is 49.6 Å². The Labute approximate surface area is 125 Å². The molecular weight excluding hydrogens is 266 g/mol. The molecule has 0 unspecified atom stereocenters. The van der Waals surface area contributed by atoms with Crippen LogP contribution in [0.1, 0.15) is 31.2 Å². The van der Waals surface area contributed by atoms with Gasteiger partial charge in [0.15, 0.2) is 0 Å². The van der Waals surface area contributed by atoms with E-state index in [9.17, 15) is 10.1 Å². The molecule has 0 N–H and O–H groups in total. The average molecular weight is 289 g/mol. The second kappa shape index (κ2) is 6.54. The molecule has 5 heteroatoms. The fourth-order valence-electron chi connectivity index (χ4n) is 3.62. The number of nitro groups is 1. The van der Waals surface area contributed by atoms with Crippen molar-refractivity contribution in [2.45, 2.75) is 38.3 Å². The molecule has 1 saturated carbocycles. The van der Waals surface area contributed by atoms with E-state index in [2.05, 4.69) is 9.80 Å². The highest BCUT2D eigenvalue weighted by atomic mass is 16.6. The molecule has 1 aliphatic heterocycles. The van der Waals surface area contributed by atoms with E-state index in [-0.39, 0.29) is 10.6 Å². The van der Waals surface area contributed by atoms with E-state index in [0.717, 1.165) is 37.8 Å². The molecule has 0 aromatic heterocycles. The third-order valence-electron chi connectivity index (χ3n) is 4.83. The predicted octanol–water partition coefficient (Wildman–Crippen LogP) is 2.66. The molecular formula is C16H23N3O2. The summed E-state index contributed by atoms with van der Waals surface area (Å²) in [6.07, 6.45) is 5.45. The van der Waals surface area contributed by atoms with Crippen molar-refractivity contribution in [3.05, 3.63) is 39.9 Å². The molecule has 0 atom stereocenters. The summed E-state index contributed by atoms with van der Waals surface area (Å²) in [6.45, 7) is 4.93. The van der Waals surface area contributed by atoms with Crippen LogP contribution in [-0.4, -0.2) is 46.9 Å². The van der Waals surface area contributed by atoms with E-state index in [1.807, 2.05) is 12.1 Å². The summed E-state index contributed by atoms with van der Waals surface area (Å²) in [7, 11) is 0. The molecule has 5 nitrogen and oxygen atoms in total. The first kappa shape index (κ1) is 14.5. The Hall–Kier alpha value is -1.46. The number of rotatable bonds is 4. The smallest absolute Gasteiger partial charge is 0.273 e. The van der Waals surface area contributed by atoms with E-state index in [0.29, 0.717) is 6.54 Å². The zero-order valence-corrected chi connectivity index (χ0v) is 12.4. The van der Waals surface area contributed by atoms with E-state index in [4.69, 9.17) is 0 Å². The summed E-state index contributed by atoms with van der Waals surface area (Å²) in [5, 5.41) is 11.1. The molecule has 3 rings (SSSR count). The summed E-state index contributed by atoms with van der Waals surface area (Å²) in [5.74, 6) is 0. The maximum absolute atomic E-state index is 11.1. The lowest BCUT2D eigenvalue weighted by atomic mass is 10.1. The maximum Gasteiger partial charge on any atom is 0.273 e.